The summed E-state index contributed by atoms with van der Waals surface area (Å²) in [5.41, 5.74) is 0. The number of aliphatic hydroxyl groups excluding tert-OH is 1. The molecule has 0 bridgehead atoms. The zero-order valence-corrected chi connectivity index (χ0v) is 6.33. The lowest BCUT2D eigenvalue weighted by molar-refractivity contribution is 0.118. The number of hydrogen-bond acceptors (Lipinski definition) is 3. The number of terminal acetylenes is 1. The molecule has 4 nitrogen and oxygen atoms in total. The Hall–Kier alpha value is -1.21. The average Bonchev–Trinajstić information content (AvgIpc) is 2.00. The number of rotatable bonds is 3. The van der Waals surface area contributed by atoms with Crippen molar-refractivity contribution in [3.05, 3.63) is 0 Å². The lowest BCUT2D eigenvalue weighted by Crippen LogP contribution is -2.32. The second-order valence-electron chi connectivity index (χ2n) is 1.89. The third kappa shape index (κ3) is 5.25. The summed E-state index contributed by atoms with van der Waals surface area (Å²) in [5.74, 6) is 2.30. The van der Waals surface area contributed by atoms with E-state index in [0.717, 1.165) is 0 Å². The molecule has 0 aromatic carbocycles. The molecule has 0 rings (SSSR count). The molecule has 0 aliphatic heterocycles. The molecule has 11 heavy (non-hydrogen) atoms. The van der Waals surface area contributed by atoms with E-state index in [9.17, 15) is 4.79 Å². The van der Waals surface area contributed by atoms with E-state index in [1.807, 2.05) is 0 Å². The van der Waals surface area contributed by atoms with Crippen molar-refractivity contribution in [2.75, 3.05) is 13.2 Å². The molecule has 0 aliphatic carbocycles. The van der Waals surface area contributed by atoms with Gasteiger partial charge in [-0.15, -0.1) is 6.42 Å². The summed E-state index contributed by atoms with van der Waals surface area (Å²) in [4.78, 5) is 10.6. The van der Waals surface area contributed by atoms with Gasteiger partial charge in [0.15, 0.2) is 0 Å². The van der Waals surface area contributed by atoms with Gasteiger partial charge in [-0.25, -0.2) is 4.79 Å². The van der Waals surface area contributed by atoms with E-state index < -0.39 is 6.09 Å². The number of carbonyl (C=O) groups is 1. The first-order valence-corrected chi connectivity index (χ1v) is 3.21. The molecule has 4 heteroatoms. The lowest BCUT2D eigenvalue weighted by Gasteiger charge is -2.06. The molecular formula is C7H11NO3. The zero-order chi connectivity index (χ0) is 8.69. The highest BCUT2D eigenvalue weighted by Crippen LogP contribution is 1.81. The fourth-order valence-electron chi connectivity index (χ4n) is 0.398. The molecule has 0 radical (unpaired) electrons. The smallest absolute Gasteiger partial charge is 0.408 e. The fraction of sp³-hybridized carbons (Fsp3) is 0.571. The van der Waals surface area contributed by atoms with Crippen LogP contribution in [0.3, 0.4) is 0 Å². The van der Waals surface area contributed by atoms with Crippen molar-refractivity contribution in [3.63, 3.8) is 0 Å². The molecule has 0 fully saturated rings. The van der Waals surface area contributed by atoms with Crippen molar-refractivity contribution < 1.29 is 14.6 Å². The largest absolute Gasteiger partial charge is 0.447 e. The van der Waals surface area contributed by atoms with Crippen molar-refractivity contribution in [2.45, 2.75) is 13.0 Å². The molecule has 1 unspecified atom stereocenters. The molecule has 62 valence electrons. The topological polar surface area (TPSA) is 58.6 Å². The summed E-state index contributed by atoms with van der Waals surface area (Å²) in [6, 6.07) is -0.346. The molecule has 2 N–H and O–H groups in total. The molecule has 1 atom stereocenters. The maximum atomic E-state index is 10.6. The highest BCUT2D eigenvalue weighted by Gasteiger charge is 2.03. The number of hydrogen-bond donors (Lipinski definition) is 2. The maximum absolute atomic E-state index is 10.6. The van der Waals surface area contributed by atoms with Gasteiger partial charge in [-0.2, -0.15) is 0 Å². The maximum Gasteiger partial charge on any atom is 0.408 e. The van der Waals surface area contributed by atoms with Crippen molar-refractivity contribution in [3.8, 4) is 12.3 Å². The molecule has 0 aliphatic rings. The van der Waals surface area contributed by atoms with E-state index in [-0.39, 0.29) is 19.3 Å². The van der Waals surface area contributed by atoms with Gasteiger partial charge < -0.3 is 15.2 Å². The lowest BCUT2D eigenvalue weighted by atomic mass is 10.4. The first-order valence-electron chi connectivity index (χ1n) is 3.21. The van der Waals surface area contributed by atoms with Crippen molar-refractivity contribution in [2.24, 2.45) is 0 Å². The summed E-state index contributed by atoms with van der Waals surface area (Å²) in [6.45, 7) is 1.46. The van der Waals surface area contributed by atoms with Gasteiger partial charge in [0.1, 0.15) is 6.61 Å². The minimum Gasteiger partial charge on any atom is -0.447 e. The Morgan fingerprint density at radius 2 is 2.55 bits per heavy atom. The standard InChI is InChI=1S/C7H11NO3/c1-3-6(2)8-7(10)11-5-4-9/h1,6,9H,4-5H2,2H3,(H,8,10). The Kier molecular flexibility index (Phi) is 4.95. The van der Waals surface area contributed by atoms with Crippen LogP contribution in [0.15, 0.2) is 0 Å². The molecule has 0 aromatic heterocycles. The molecule has 0 heterocycles. The summed E-state index contributed by atoms with van der Waals surface area (Å²) in [6.07, 6.45) is 4.37. The quantitative estimate of drug-likeness (QED) is 0.554. The van der Waals surface area contributed by atoms with E-state index in [4.69, 9.17) is 11.5 Å². The number of alkyl carbamates (subject to hydrolysis) is 1. The van der Waals surface area contributed by atoms with Crippen LogP contribution in [0.5, 0.6) is 0 Å². The fourth-order valence-corrected chi connectivity index (χ4v) is 0.398. The van der Waals surface area contributed by atoms with Crippen LogP contribution in [0.4, 0.5) is 4.79 Å². The van der Waals surface area contributed by atoms with Gasteiger partial charge >= 0.3 is 6.09 Å². The number of carbonyl (C=O) groups excluding carboxylic acids is 1. The number of aliphatic hydroxyl groups is 1. The predicted octanol–water partition coefficient (Wildman–Crippen LogP) is -0.273. The molecule has 0 saturated heterocycles. The van der Waals surface area contributed by atoms with E-state index in [1.165, 1.54) is 0 Å². The van der Waals surface area contributed by atoms with Gasteiger partial charge in [0.05, 0.1) is 12.6 Å². The van der Waals surface area contributed by atoms with E-state index in [0.29, 0.717) is 0 Å². The van der Waals surface area contributed by atoms with Crippen LogP contribution in [0.1, 0.15) is 6.92 Å². The van der Waals surface area contributed by atoms with E-state index in [1.54, 1.807) is 6.92 Å². The van der Waals surface area contributed by atoms with Crippen LogP contribution in [-0.4, -0.2) is 30.5 Å². The van der Waals surface area contributed by atoms with E-state index in [2.05, 4.69) is 16.0 Å². The Labute approximate surface area is 65.5 Å². The Bertz CT molecular complexity index is 162. The van der Waals surface area contributed by atoms with Crippen LogP contribution in [-0.2, 0) is 4.74 Å². The minimum absolute atomic E-state index is 0.0108. The Balaban J connectivity index is 3.46. The summed E-state index contributed by atoms with van der Waals surface area (Å²) in [5, 5.41) is 10.6. The summed E-state index contributed by atoms with van der Waals surface area (Å²) in [7, 11) is 0. The van der Waals surface area contributed by atoms with Crippen molar-refractivity contribution in [1.29, 1.82) is 0 Å². The Morgan fingerprint density at radius 1 is 1.91 bits per heavy atom. The second-order valence-corrected chi connectivity index (χ2v) is 1.89. The molecule has 1 amide bonds. The minimum atomic E-state index is -0.607. The molecule has 0 aromatic rings. The number of nitrogens with one attached hydrogen (secondary N) is 1. The van der Waals surface area contributed by atoms with Crippen LogP contribution in [0, 0.1) is 12.3 Å². The first-order chi connectivity index (χ1) is 5.20. The first kappa shape index (κ1) is 9.79. The second kappa shape index (κ2) is 5.57. The number of amides is 1. The third-order valence-electron chi connectivity index (χ3n) is 0.909. The van der Waals surface area contributed by atoms with Gasteiger partial charge in [0, 0.05) is 0 Å². The van der Waals surface area contributed by atoms with Gasteiger partial charge in [0.2, 0.25) is 0 Å². The van der Waals surface area contributed by atoms with Gasteiger partial charge in [0.25, 0.3) is 0 Å². The van der Waals surface area contributed by atoms with E-state index >= 15 is 0 Å². The third-order valence-corrected chi connectivity index (χ3v) is 0.909. The predicted molar refractivity (Wildman–Crippen MR) is 39.9 cm³/mol. The monoisotopic (exact) mass is 157 g/mol. The highest BCUT2D eigenvalue weighted by molar-refractivity contribution is 5.67. The van der Waals surface area contributed by atoms with Gasteiger partial charge in [-0.3, -0.25) is 0 Å². The summed E-state index contributed by atoms with van der Waals surface area (Å²) < 4.78 is 4.47. The molecular weight excluding hydrogens is 146 g/mol. The van der Waals surface area contributed by atoms with Crippen molar-refractivity contribution >= 4 is 6.09 Å². The van der Waals surface area contributed by atoms with Gasteiger partial charge in [-0.1, -0.05) is 5.92 Å². The average molecular weight is 157 g/mol. The van der Waals surface area contributed by atoms with Crippen LogP contribution >= 0.6 is 0 Å². The normalized spacial score (nSPS) is 11.4. The molecule has 0 spiro atoms. The van der Waals surface area contributed by atoms with Crippen molar-refractivity contribution in [1.82, 2.24) is 5.32 Å². The van der Waals surface area contributed by atoms with Gasteiger partial charge in [-0.05, 0) is 6.92 Å². The molecule has 0 saturated carbocycles. The van der Waals surface area contributed by atoms with Crippen LogP contribution in [0.2, 0.25) is 0 Å². The van der Waals surface area contributed by atoms with Crippen LogP contribution < -0.4 is 5.32 Å². The summed E-state index contributed by atoms with van der Waals surface area (Å²) >= 11 is 0. The SMILES string of the molecule is C#CC(C)NC(=O)OCCO. The highest BCUT2D eigenvalue weighted by atomic mass is 16.6. The number of ether oxygens (including phenoxy) is 1. The Morgan fingerprint density at radius 3 is 3.00 bits per heavy atom. The zero-order valence-electron chi connectivity index (χ0n) is 6.33. The van der Waals surface area contributed by atoms with Crippen LogP contribution in [0.25, 0.3) is 0 Å².